The van der Waals surface area contributed by atoms with Crippen LogP contribution in [-0.2, 0) is 4.74 Å². The van der Waals surface area contributed by atoms with Crippen LogP contribution in [0.4, 0.5) is 0 Å². The summed E-state index contributed by atoms with van der Waals surface area (Å²) in [7, 11) is 1.59. The molecular weight excluding hydrogens is 268 g/mol. The van der Waals surface area contributed by atoms with Gasteiger partial charge in [0.15, 0.2) is 0 Å². The van der Waals surface area contributed by atoms with Gasteiger partial charge in [0, 0.05) is 19.0 Å². The van der Waals surface area contributed by atoms with Crippen molar-refractivity contribution < 1.29 is 9.47 Å². The second-order valence-corrected chi connectivity index (χ2v) is 5.73. The Bertz CT molecular complexity index is 447. The fraction of sp³-hybridized carbons (Fsp3) is 0.733. The first-order chi connectivity index (χ1) is 10.2. The number of hydrazine groups is 1. The fourth-order valence-electron chi connectivity index (χ4n) is 3.23. The standard InChI is InChI=1S/C15H26N4O2/c1-4-21-15(7-5-11(2)6-8-15)13(19-16)12-14(20-3)18-10-9-17-12/h9-11,13,19H,4-8,16H2,1-3H3. The lowest BCUT2D eigenvalue weighted by Crippen LogP contribution is -2.51. The van der Waals surface area contributed by atoms with Crippen molar-refractivity contribution in [1.29, 1.82) is 0 Å². The van der Waals surface area contributed by atoms with Crippen LogP contribution in [0.1, 0.15) is 51.3 Å². The molecule has 1 unspecified atom stereocenters. The van der Waals surface area contributed by atoms with Gasteiger partial charge in [0.1, 0.15) is 5.69 Å². The van der Waals surface area contributed by atoms with Crippen molar-refractivity contribution >= 4 is 0 Å². The van der Waals surface area contributed by atoms with E-state index in [4.69, 9.17) is 15.3 Å². The summed E-state index contributed by atoms with van der Waals surface area (Å²) in [5.41, 5.74) is 3.26. The molecule has 1 aliphatic rings. The summed E-state index contributed by atoms with van der Waals surface area (Å²) in [6.07, 6.45) is 7.44. The van der Waals surface area contributed by atoms with Gasteiger partial charge in [-0.25, -0.2) is 10.4 Å². The average Bonchev–Trinajstić information content (AvgIpc) is 2.52. The number of nitrogens with one attached hydrogen (secondary N) is 1. The Morgan fingerprint density at radius 1 is 1.38 bits per heavy atom. The maximum Gasteiger partial charge on any atom is 0.237 e. The van der Waals surface area contributed by atoms with Gasteiger partial charge in [0.2, 0.25) is 5.88 Å². The maximum absolute atomic E-state index is 6.16. The number of nitrogens with zero attached hydrogens (tertiary/aromatic N) is 2. The van der Waals surface area contributed by atoms with Gasteiger partial charge in [0.25, 0.3) is 0 Å². The molecule has 21 heavy (non-hydrogen) atoms. The molecule has 0 saturated heterocycles. The Hall–Kier alpha value is -1.24. The molecule has 0 radical (unpaired) electrons. The van der Waals surface area contributed by atoms with E-state index >= 15 is 0 Å². The van der Waals surface area contributed by atoms with Gasteiger partial charge < -0.3 is 9.47 Å². The topological polar surface area (TPSA) is 82.3 Å². The van der Waals surface area contributed by atoms with E-state index in [1.54, 1.807) is 19.5 Å². The highest BCUT2D eigenvalue weighted by molar-refractivity contribution is 5.24. The summed E-state index contributed by atoms with van der Waals surface area (Å²) >= 11 is 0. The third-order valence-electron chi connectivity index (χ3n) is 4.40. The number of hydrogen-bond donors (Lipinski definition) is 2. The molecule has 1 atom stereocenters. The molecule has 2 rings (SSSR count). The number of aromatic nitrogens is 2. The van der Waals surface area contributed by atoms with Crippen LogP contribution in [0.25, 0.3) is 0 Å². The van der Waals surface area contributed by atoms with E-state index < -0.39 is 0 Å². The molecule has 1 aliphatic carbocycles. The minimum atomic E-state index is -0.348. The van der Waals surface area contributed by atoms with Crippen molar-refractivity contribution in [3.63, 3.8) is 0 Å². The van der Waals surface area contributed by atoms with Gasteiger partial charge in [-0.1, -0.05) is 6.92 Å². The molecule has 3 N–H and O–H groups in total. The largest absolute Gasteiger partial charge is 0.480 e. The minimum Gasteiger partial charge on any atom is -0.480 e. The molecule has 6 nitrogen and oxygen atoms in total. The molecule has 6 heteroatoms. The Kier molecular flexibility index (Phi) is 5.50. The van der Waals surface area contributed by atoms with Gasteiger partial charge >= 0.3 is 0 Å². The van der Waals surface area contributed by atoms with E-state index in [0.717, 1.165) is 31.6 Å². The lowest BCUT2D eigenvalue weighted by atomic mass is 9.74. The second-order valence-electron chi connectivity index (χ2n) is 5.73. The lowest BCUT2D eigenvalue weighted by molar-refractivity contribution is -0.0989. The molecule has 1 aromatic rings. The Labute approximate surface area is 126 Å². The first kappa shape index (κ1) is 16.1. The van der Waals surface area contributed by atoms with Crippen LogP contribution < -0.4 is 16.0 Å². The summed E-state index contributed by atoms with van der Waals surface area (Å²) in [5.74, 6) is 7.08. The predicted molar refractivity (Wildman–Crippen MR) is 80.6 cm³/mol. The number of nitrogens with two attached hydrogens (primary N) is 1. The normalized spacial score (nSPS) is 27.3. The van der Waals surface area contributed by atoms with E-state index in [1.165, 1.54) is 0 Å². The van der Waals surface area contributed by atoms with Gasteiger partial charge in [-0.15, -0.1) is 0 Å². The Balaban J connectivity index is 2.36. The van der Waals surface area contributed by atoms with Crippen LogP contribution in [0.2, 0.25) is 0 Å². The van der Waals surface area contributed by atoms with Crippen LogP contribution in [-0.4, -0.2) is 29.3 Å². The molecule has 1 saturated carbocycles. The van der Waals surface area contributed by atoms with Crippen molar-refractivity contribution in [1.82, 2.24) is 15.4 Å². The zero-order chi connectivity index (χ0) is 15.3. The minimum absolute atomic E-state index is 0.228. The zero-order valence-electron chi connectivity index (χ0n) is 13.1. The van der Waals surface area contributed by atoms with Gasteiger partial charge in [-0.05, 0) is 38.5 Å². The summed E-state index contributed by atoms with van der Waals surface area (Å²) in [6.45, 7) is 4.94. The molecule has 0 aliphatic heterocycles. The molecule has 0 bridgehead atoms. The highest BCUT2D eigenvalue weighted by Gasteiger charge is 2.44. The summed E-state index contributed by atoms with van der Waals surface area (Å²) < 4.78 is 11.5. The molecule has 1 fully saturated rings. The molecule has 0 amide bonds. The van der Waals surface area contributed by atoms with Crippen LogP contribution in [0.3, 0.4) is 0 Å². The predicted octanol–water partition coefficient (Wildman–Crippen LogP) is 1.97. The lowest BCUT2D eigenvalue weighted by Gasteiger charge is -2.44. The number of methoxy groups -OCH3 is 1. The molecule has 1 heterocycles. The van der Waals surface area contributed by atoms with Crippen molar-refractivity contribution in [2.24, 2.45) is 11.8 Å². The maximum atomic E-state index is 6.16. The van der Waals surface area contributed by atoms with E-state index in [1.807, 2.05) is 6.92 Å². The first-order valence-corrected chi connectivity index (χ1v) is 7.61. The Morgan fingerprint density at radius 2 is 2.05 bits per heavy atom. The van der Waals surface area contributed by atoms with Gasteiger partial charge in [-0.3, -0.25) is 10.8 Å². The molecular formula is C15H26N4O2. The number of rotatable bonds is 6. The van der Waals surface area contributed by atoms with Crippen LogP contribution in [0.15, 0.2) is 12.4 Å². The van der Waals surface area contributed by atoms with Gasteiger partial charge in [-0.2, -0.15) is 0 Å². The van der Waals surface area contributed by atoms with Gasteiger partial charge in [0.05, 0.1) is 18.8 Å². The fourth-order valence-corrected chi connectivity index (χ4v) is 3.23. The SMILES string of the molecule is CCOC1(C(NN)c2nccnc2OC)CCC(C)CC1. The molecule has 0 aromatic carbocycles. The average molecular weight is 294 g/mol. The van der Waals surface area contributed by atoms with Crippen LogP contribution in [0.5, 0.6) is 5.88 Å². The molecule has 118 valence electrons. The first-order valence-electron chi connectivity index (χ1n) is 7.61. The summed E-state index contributed by atoms with van der Waals surface area (Å²) in [4.78, 5) is 8.66. The van der Waals surface area contributed by atoms with E-state index in [0.29, 0.717) is 18.2 Å². The quantitative estimate of drug-likeness (QED) is 0.616. The second kappa shape index (κ2) is 7.15. The van der Waals surface area contributed by atoms with Crippen molar-refractivity contribution in [3.8, 4) is 5.88 Å². The van der Waals surface area contributed by atoms with Crippen molar-refractivity contribution in [2.75, 3.05) is 13.7 Å². The van der Waals surface area contributed by atoms with Crippen LogP contribution >= 0.6 is 0 Å². The Morgan fingerprint density at radius 3 is 2.62 bits per heavy atom. The monoisotopic (exact) mass is 294 g/mol. The van der Waals surface area contributed by atoms with Crippen molar-refractivity contribution in [2.45, 2.75) is 51.2 Å². The van der Waals surface area contributed by atoms with E-state index in [9.17, 15) is 0 Å². The van der Waals surface area contributed by atoms with Crippen molar-refractivity contribution in [3.05, 3.63) is 18.1 Å². The smallest absolute Gasteiger partial charge is 0.237 e. The highest BCUT2D eigenvalue weighted by atomic mass is 16.5. The summed E-state index contributed by atoms with van der Waals surface area (Å²) in [6, 6.07) is -0.228. The van der Waals surface area contributed by atoms with E-state index in [-0.39, 0.29) is 11.6 Å². The third-order valence-corrected chi connectivity index (χ3v) is 4.40. The molecule has 1 aromatic heterocycles. The zero-order valence-corrected chi connectivity index (χ0v) is 13.1. The molecule has 0 spiro atoms. The van der Waals surface area contributed by atoms with Crippen LogP contribution in [0, 0.1) is 5.92 Å². The van der Waals surface area contributed by atoms with E-state index in [2.05, 4.69) is 22.3 Å². The third kappa shape index (κ3) is 3.33. The summed E-state index contributed by atoms with van der Waals surface area (Å²) in [5, 5.41) is 0. The number of hydrogen-bond acceptors (Lipinski definition) is 6. The number of ether oxygens (including phenoxy) is 2. The highest BCUT2D eigenvalue weighted by Crippen LogP contribution is 2.43.